The lowest BCUT2D eigenvalue weighted by atomic mass is 9.81. The molecule has 1 unspecified atom stereocenters. The average molecular weight is 254 g/mol. The van der Waals surface area contributed by atoms with Gasteiger partial charge in [0.15, 0.2) is 0 Å². The number of amides is 1. The van der Waals surface area contributed by atoms with Crippen molar-refractivity contribution in [2.45, 2.75) is 47.5 Å². The fourth-order valence-electron chi connectivity index (χ4n) is 2.74. The summed E-state index contributed by atoms with van der Waals surface area (Å²) in [5.74, 6) is 1.41. The molecule has 3 heteroatoms. The van der Waals surface area contributed by atoms with E-state index in [2.05, 4.69) is 44.8 Å². The van der Waals surface area contributed by atoms with Gasteiger partial charge in [0.1, 0.15) is 0 Å². The molecular weight excluding hydrogens is 224 g/mol. The smallest absolute Gasteiger partial charge is 0.229 e. The molecule has 0 spiro atoms. The van der Waals surface area contributed by atoms with Crippen LogP contribution in [0, 0.1) is 17.3 Å². The van der Waals surface area contributed by atoms with Gasteiger partial charge in [-0.2, -0.15) is 0 Å². The number of nitrogens with one attached hydrogen (secondary N) is 1. The summed E-state index contributed by atoms with van der Waals surface area (Å²) < 4.78 is 0. The van der Waals surface area contributed by atoms with Gasteiger partial charge < -0.3 is 10.2 Å². The summed E-state index contributed by atoms with van der Waals surface area (Å²) in [6.07, 6.45) is 2.13. The van der Waals surface area contributed by atoms with Gasteiger partial charge in [0, 0.05) is 19.6 Å². The number of carbonyl (C=O) groups is 1. The van der Waals surface area contributed by atoms with E-state index in [0.717, 1.165) is 39.0 Å². The second kappa shape index (κ2) is 6.55. The molecule has 1 amide bonds. The number of hydrogen-bond donors (Lipinski definition) is 1. The largest absolute Gasteiger partial charge is 0.342 e. The minimum atomic E-state index is -0.192. The quantitative estimate of drug-likeness (QED) is 0.817. The van der Waals surface area contributed by atoms with Gasteiger partial charge in [0.2, 0.25) is 5.91 Å². The standard InChI is InChI=1S/C15H30N2O/c1-12(2)9-17(10-13(3)4)14(18)15(5)7-6-8-16-11-15/h12-13,16H,6-11H2,1-5H3. The third-order valence-corrected chi connectivity index (χ3v) is 3.57. The predicted octanol–water partition coefficient (Wildman–Crippen LogP) is 2.52. The molecule has 0 aromatic heterocycles. The molecule has 106 valence electrons. The van der Waals surface area contributed by atoms with Gasteiger partial charge in [-0.3, -0.25) is 4.79 Å². The Morgan fingerprint density at radius 3 is 2.17 bits per heavy atom. The molecule has 1 aliphatic rings. The van der Waals surface area contributed by atoms with Crippen LogP contribution in [0.1, 0.15) is 47.5 Å². The maximum absolute atomic E-state index is 12.8. The van der Waals surface area contributed by atoms with Crippen LogP contribution in [0.3, 0.4) is 0 Å². The molecular formula is C15H30N2O. The van der Waals surface area contributed by atoms with Gasteiger partial charge in [-0.1, -0.05) is 27.7 Å². The predicted molar refractivity (Wildman–Crippen MR) is 76.5 cm³/mol. The van der Waals surface area contributed by atoms with Crippen LogP contribution in [0.5, 0.6) is 0 Å². The van der Waals surface area contributed by atoms with E-state index in [1.165, 1.54) is 0 Å². The minimum absolute atomic E-state index is 0.192. The maximum atomic E-state index is 12.8. The Morgan fingerprint density at radius 1 is 1.22 bits per heavy atom. The first kappa shape index (κ1) is 15.5. The van der Waals surface area contributed by atoms with Crippen molar-refractivity contribution >= 4 is 5.91 Å². The van der Waals surface area contributed by atoms with Crippen molar-refractivity contribution in [3.8, 4) is 0 Å². The van der Waals surface area contributed by atoms with Crippen LogP contribution < -0.4 is 5.32 Å². The Labute approximate surface area is 112 Å². The van der Waals surface area contributed by atoms with Crippen molar-refractivity contribution in [3.63, 3.8) is 0 Å². The SMILES string of the molecule is CC(C)CN(CC(C)C)C(=O)C1(C)CCCNC1. The number of piperidine rings is 1. The van der Waals surface area contributed by atoms with E-state index >= 15 is 0 Å². The molecule has 18 heavy (non-hydrogen) atoms. The molecule has 0 aromatic carbocycles. The van der Waals surface area contributed by atoms with Gasteiger partial charge in [-0.15, -0.1) is 0 Å². The lowest BCUT2D eigenvalue weighted by molar-refractivity contribution is -0.143. The first-order valence-electron chi connectivity index (χ1n) is 7.35. The summed E-state index contributed by atoms with van der Waals surface area (Å²) >= 11 is 0. The molecule has 0 bridgehead atoms. The zero-order valence-electron chi connectivity index (χ0n) is 12.8. The van der Waals surface area contributed by atoms with E-state index in [4.69, 9.17) is 0 Å². The van der Waals surface area contributed by atoms with Crippen LogP contribution in [0.2, 0.25) is 0 Å². The second-order valence-corrected chi connectivity index (χ2v) is 6.84. The Bertz CT molecular complexity index is 258. The molecule has 0 saturated carbocycles. The van der Waals surface area contributed by atoms with Crippen LogP contribution in [0.4, 0.5) is 0 Å². The third-order valence-electron chi connectivity index (χ3n) is 3.57. The van der Waals surface area contributed by atoms with E-state index in [1.54, 1.807) is 0 Å². The summed E-state index contributed by atoms with van der Waals surface area (Å²) in [6, 6.07) is 0. The van der Waals surface area contributed by atoms with Crippen molar-refractivity contribution in [2.75, 3.05) is 26.2 Å². The van der Waals surface area contributed by atoms with Crippen LogP contribution in [0.15, 0.2) is 0 Å². The Kier molecular flexibility index (Phi) is 5.64. The van der Waals surface area contributed by atoms with Crippen LogP contribution >= 0.6 is 0 Å². The van der Waals surface area contributed by atoms with Gasteiger partial charge in [-0.05, 0) is 38.1 Å². The summed E-state index contributed by atoms with van der Waals surface area (Å²) in [4.78, 5) is 14.9. The summed E-state index contributed by atoms with van der Waals surface area (Å²) in [7, 11) is 0. The molecule has 1 saturated heterocycles. The summed E-state index contributed by atoms with van der Waals surface area (Å²) in [5, 5.41) is 3.37. The highest BCUT2D eigenvalue weighted by Crippen LogP contribution is 2.28. The highest BCUT2D eigenvalue weighted by Gasteiger charge is 2.37. The lowest BCUT2D eigenvalue weighted by Gasteiger charge is -2.38. The molecule has 1 rings (SSSR count). The number of rotatable bonds is 5. The first-order chi connectivity index (χ1) is 8.35. The number of carbonyl (C=O) groups excluding carboxylic acids is 1. The van der Waals surface area contributed by atoms with E-state index in [-0.39, 0.29) is 5.41 Å². The maximum Gasteiger partial charge on any atom is 0.229 e. The number of nitrogens with zero attached hydrogens (tertiary/aromatic N) is 1. The van der Waals surface area contributed by atoms with E-state index in [9.17, 15) is 4.79 Å². The highest BCUT2D eigenvalue weighted by atomic mass is 16.2. The molecule has 1 atom stereocenters. The Morgan fingerprint density at radius 2 is 1.78 bits per heavy atom. The minimum Gasteiger partial charge on any atom is -0.342 e. The van der Waals surface area contributed by atoms with Gasteiger partial charge in [-0.25, -0.2) is 0 Å². The molecule has 3 nitrogen and oxygen atoms in total. The zero-order valence-corrected chi connectivity index (χ0v) is 12.8. The van der Waals surface area contributed by atoms with Crippen molar-refractivity contribution in [1.82, 2.24) is 10.2 Å². The summed E-state index contributed by atoms with van der Waals surface area (Å²) in [6.45, 7) is 14.5. The van der Waals surface area contributed by atoms with Crippen LogP contribution in [0.25, 0.3) is 0 Å². The molecule has 0 radical (unpaired) electrons. The second-order valence-electron chi connectivity index (χ2n) is 6.84. The zero-order chi connectivity index (χ0) is 13.8. The molecule has 1 N–H and O–H groups in total. The summed E-state index contributed by atoms with van der Waals surface area (Å²) in [5.41, 5.74) is -0.192. The first-order valence-corrected chi connectivity index (χ1v) is 7.35. The van der Waals surface area contributed by atoms with Crippen LogP contribution in [-0.2, 0) is 4.79 Å². The topological polar surface area (TPSA) is 32.3 Å². The van der Waals surface area contributed by atoms with E-state index < -0.39 is 0 Å². The highest BCUT2D eigenvalue weighted by molar-refractivity contribution is 5.82. The van der Waals surface area contributed by atoms with Crippen molar-refractivity contribution in [3.05, 3.63) is 0 Å². The van der Waals surface area contributed by atoms with Gasteiger partial charge in [0.25, 0.3) is 0 Å². The molecule has 1 fully saturated rings. The van der Waals surface area contributed by atoms with Crippen LogP contribution in [-0.4, -0.2) is 37.0 Å². The average Bonchev–Trinajstić information content (AvgIpc) is 2.27. The number of hydrogen-bond acceptors (Lipinski definition) is 2. The Balaban J connectivity index is 2.73. The van der Waals surface area contributed by atoms with Crippen molar-refractivity contribution in [2.24, 2.45) is 17.3 Å². The monoisotopic (exact) mass is 254 g/mol. The van der Waals surface area contributed by atoms with E-state index in [0.29, 0.717) is 17.7 Å². The molecule has 0 aromatic rings. The molecule has 0 aliphatic carbocycles. The van der Waals surface area contributed by atoms with Gasteiger partial charge in [0.05, 0.1) is 5.41 Å². The third kappa shape index (κ3) is 4.27. The Hall–Kier alpha value is -0.570. The lowest BCUT2D eigenvalue weighted by Crippen LogP contribution is -2.51. The van der Waals surface area contributed by atoms with Crippen molar-refractivity contribution in [1.29, 1.82) is 0 Å². The van der Waals surface area contributed by atoms with Crippen molar-refractivity contribution < 1.29 is 4.79 Å². The fourth-order valence-corrected chi connectivity index (χ4v) is 2.74. The van der Waals surface area contributed by atoms with Gasteiger partial charge >= 0.3 is 0 Å². The molecule has 1 heterocycles. The normalized spacial score (nSPS) is 24.6. The van der Waals surface area contributed by atoms with E-state index in [1.807, 2.05) is 0 Å². The fraction of sp³-hybridized carbons (Fsp3) is 0.933. The molecule has 1 aliphatic heterocycles.